The molecule has 0 aromatic heterocycles. The van der Waals surface area contributed by atoms with Crippen LogP contribution in [0.3, 0.4) is 0 Å². The van der Waals surface area contributed by atoms with E-state index >= 15 is 0 Å². The van der Waals surface area contributed by atoms with E-state index in [1.807, 2.05) is 31.2 Å². The van der Waals surface area contributed by atoms with E-state index in [4.69, 9.17) is 9.47 Å². The van der Waals surface area contributed by atoms with E-state index in [1.54, 1.807) is 24.3 Å². The Morgan fingerprint density at radius 1 is 0.944 bits per heavy atom. The van der Waals surface area contributed by atoms with Gasteiger partial charge in [0.2, 0.25) is 5.91 Å². The quantitative estimate of drug-likeness (QED) is 0.373. The molecule has 1 unspecified atom stereocenters. The molecule has 1 heterocycles. The zero-order chi connectivity index (χ0) is 25.8. The Balaban J connectivity index is 1.67. The fraction of sp³-hybridized carbons (Fsp3) is 0.214. The molecule has 0 saturated carbocycles. The predicted octanol–water partition coefficient (Wildman–Crippen LogP) is 3.76. The SMILES string of the molecule is COC(=O)c1ccc(N2C(=O)CC(N(Cc3ccc(C)cc3)C(=O)c3cccc(OC)c3)C2=O)cc1. The number of carbonyl (C=O) groups excluding carboxylic acids is 4. The largest absolute Gasteiger partial charge is 0.497 e. The molecule has 0 spiro atoms. The van der Waals surface area contributed by atoms with E-state index in [9.17, 15) is 19.2 Å². The standard InChI is InChI=1S/C28H26N2O6/c1-18-7-9-19(10-8-18)17-29(26(32)21-5-4-6-23(15-21)35-2)24-16-25(31)30(27(24)33)22-13-11-20(12-14-22)28(34)36-3/h4-15,24H,16-17H2,1-3H3. The van der Waals surface area contributed by atoms with Crippen molar-refractivity contribution in [1.29, 1.82) is 0 Å². The van der Waals surface area contributed by atoms with Crippen LogP contribution in [0.15, 0.2) is 72.8 Å². The summed E-state index contributed by atoms with van der Waals surface area (Å²) in [6, 6.07) is 19.3. The Kier molecular flexibility index (Phi) is 7.15. The maximum absolute atomic E-state index is 13.7. The first-order valence-corrected chi connectivity index (χ1v) is 11.4. The van der Waals surface area contributed by atoms with Crippen molar-refractivity contribution in [2.45, 2.75) is 25.9 Å². The molecule has 3 aromatic carbocycles. The lowest BCUT2D eigenvalue weighted by molar-refractivity contribution is -0.122. The Morgan fingerprint density at radius 2 is 1.64 bits per heavy atom. The number of hydrogen-bond donors (Lipinski definition) is 0. The van der Waals surface area contributed by atoms with Crippen LogP contribution >= 0.6 is 0 Å². The summed E-state index contributed by atoms with van der Waals surface area (Å²) in [7, 11) is 2.78. The molecule has 8 heteroatoms. The zero-order valence-corrected chi connectivity index (χ0v) is 20.3. The second-order valence-electron chi connectivity index (χ2n) is 8.48. The van der Waals surface area contributed by atoms with Gasteiger partial charge in [-0.05, 0) is 55.0 Å². The third-order valence-corrected chi connectivity index (χ3v) is 6.10. The average Bonchev–Trinajstić information content (AvgIpc) is 3.20. The second kappa shape index (κ2) is 10.4. The van der Waals surface area contributed by atoms with Crippen LogP contribution in [-0.2, 0) is 20.9 Å². The molecule has 1 aliphatic rings. The third kappa shape index (κ3) is 4.98. The van der Waals surface area contributed by atoms with Crippen LogP contribution in [0, 0.1) is 6.92 Å². The number of carbonyl (C=O) groups is 4. The first kappa shape index (κ1) is 24.7. The number of esters is 1. The number of anilines is 1. The molecule has 4 rings (SSSR count). The fourth-order valence-electron chi connectivity index (χ4n) is 4.13. The Bertz CT molecular complexity index is 1300. The van der Waals surface area contributed by atoms with Crippen LogP contribution in [0.4, 0.5) is 5.69 Å². The van der Waals surface area contributed by atoms with Crippen molar-refractivity contribution in [3.8, 4) is 5.75 Å². The van der Waals surface area contributed by atoms with Gasteiger partial charge in [0.1, 0.15) is 11.8 Å². The van der Waals surface area contributed by atoms with Gasteiger partial charge in [-0.3, -0.25) is 14.4 Å². The minimum Gasteiger partial charge on any atom is -0.497 e. The number of imide groups is 1. The number of rotatable bonds is 7. The highest BCUT2D eigenvalue weighted by atomic mass is 16.5. The summed E-state index contributed by atoms with van der Waals surface area (Å²) in [5.74, 6) is -1.33. The lowest BCUT2D eigenvalue weighted by Gasteiger charge is -2.28. The van der Waals surface area contributed by atoms with Crippen molar-refractivity contribution in [2.24, 2.45) is 0 Å². The van der Waals surface area contributed by atoms with Crippen LogP contribution in [0.5, 0.6) is 5.75 Å². The first-order valence-electron chi connectivity index (χ1n) is 11.4. The number of methoxy groups -OCH3 is 2. The normalized spacial score (nSPS) is 15.1. The molecule has 0 bridgehead atoms. The lowest BCUT2D eigenvalue weighted by atomic mass is 10.1. The summed E-state index contributed by atoms with van der Waals surface area (Å²) < 4.78 is 9.96. The summed E-state index contributed by atoms with van der Waals surface area (Å²) in [4.78, 5) is 54.4. The van der Waals surface area contributed by atoms with E-state index < -0.39 is 23.8 Å². The Hall–Kier alpha value is -4.46. The highest BCUT2D eigenvalue weighted by Gasteiger charge is 2.44. The van der Waals surface area contributed by atoms with Gasteiger partial charge in [-0.25, -0.2) is 9.69 Å². The highest BCUT2D eigenvalue weighted by Crippen LogP contribution is 2.29. The summed E-state index contributed by atoms with van der Waals surface area (Å²) >= 11 is 0. The van der Waals surface area contributed by atoms with Gasteiger partial charge in [0, 0.05) is 12.1 Å². The molecule has 8 nitrogen and oxygen atoms in total. The van der Waals surface area contributed by atoms with Crippen LogP contribution in [0.25, 0.3) is 0 Å². The molecule has 1 saturated heterocycles. The first-order chi connectivity index (χ1) is 17.3. The molecule has 36 heavy (non-hydrogen) atoms. The topological polar surface area (TPSA) is 93.2 Å². The van der Waals surface area contributed by atoms with Gasteiger partial charge in [-0.15, -0.1) is 0 Å². The maximum Gasteiger partial charge on any atom is 0.337 e. The molecule has 0 aliphatic carbocycles. The third-order valence-electron chi connectivity index (χ3n) is 6.10. The van der Waals surface area contributed by atoms with Gasteiger partial charge in [0.25, 0.3) is 11.8 Å². The van der Waals surface area contributed by atoms with Crippen molar-refractivity contribution in [1.82, 2.24) is 4.90 Å². The summed E-state index contributed by atoms with van der Waals surface area (Å²) in [5, 5.41) is 0. The molecule has 184 valence electrons. The number of benzene rings is 3. The van der Waals surface area contributed by atoms with Crippen LogP contribution in [0.1, 0.15) is 38.3 Å². The molecule has 3 aromatic rings. The average molecular weight is 487 g/mol. The van der Waals surface area contributed by atoms with E-state index in [0.717, 1.165) is 16.0 Å². The van der Waals surface area contributed by atoms with E-state index in [1.165, 1.54) is 43.4 Å². The molecule has 1 atom stereocenters. The van der Waals surface area contributed by atoms with Crippen LogP contribution in [-0.4, -0.2) is 48.9 Å². The Labute approximate surface area is 209 Å². The molecule has 1 fully saturated rings. The summed E-state index contributed by atoms with van der Waals surface area (Å²) in [6.45, 7) is 2.11. The molecular formula is C28H26N2O6. The molecule has 1 aliphatic heterocycles. The van der Waals surface area contributed by atoms with E-state index in [0.29, 0.717) is 22.6 Å². The molecule has 3 amide bonds. The molecular weight excluding hydrogens is 460 g/mol. The number of aryl methyl sites for hydroxylation is 1. The van der Waals surface area contributed by atoms with Gasteiger partial charge in [0.15, 0.2) is 0 Å². The minimum atomic E-state index is -0.988. The smallest absolute Gasteiger partial charge is 0.337 e. The van der Waals surface area contributed by atoms with E-state index in [2.05, 4.69) is 0 Å². The summed E-state index contributed by atoms with van der Waals surface area (Å²) in [5.41, 5.74) is 2.87. The van der Waals surface area contributed by atoms with Gasteiger partial charge in [-0.2, -0.15) is 0 Å². The van der Waals surface area contributed by atoms with Gasteiger partial charge < -0.3 is 14.4 Å². The van der Waals surface area contributed by atoms with Crippen molar-refractivity contribution < 1.29 is 28.7 Å². The zero-order valence-electron chi connectivity index (χ0n) is 20.3. The molecule has 0 N–H and O–H groups in total. The Morgan fingerprint density at radius 3 is 2.28 bits per heavy atom. The van der Waals surface area contributed by atoms with Gasteiger partial charge >= 0.3 is 5.97 Å². The van der Waals surface area contributed by atoms with Gasteiger partial charge in [0.05, 0.1) is 31.9 Å². The lowest BCUT2D eigenvalue weighted by Crippen LogP contribution is -2.45. The number of nitrogens with zero attached hydrogens (tertiary/aromatic N) is 2. The highest BCUT2D eigenvalue weighted by molar-refractivity contribution is 6.23. The number of hydrogen-bond acceptors (Lipinski definition) is 6. The second-order valence-corrected chi connectivity index (χ2v) is 8.48. The number of ether oxygens (including phenoxy) is 2. The van der Waals surface area contributed by atoms with E-state index in [-0.39, 0.29) is 18.9 Å². The van der Waals surface area contributed by atoms with Crippen LogP contribution in [0.2, 0.25) is 0 Å². The van der Waals surface area contributed by atoms with Crippen molar-refractivity contribution in [2.75, 3.05) is 19.1 Å². The van der Waals surface area contributed by atoms with Crippen molar-refractivity contribution >= 4 is 29.4 Å². The van der Waals surface area contributed by atoms with Crippen molar-refractivity contribution in [3.05, 3.63) is 95.1 Å². The maximum atomic E-state index is 13.7. The fourth-order valence-corrected chi connectivity index (χ4v) is 4.13. The predicted molar refractivity (Wildman–Crippen MR) is 133 cm³/mol. The minimum absolute atomic E-state index is 0.148. The van der Waals surface area contributed by atoms with Crippen molar-refractivity contribution in [3.63, 3.8) is 0 Å². The summed E-state index contributed by atoms with van der Waals surface area (Å²) in [6.07, 6.45) is -0.154. The van der Waals surface area contributed by atoms with Crippen LogP contribution < -0.4 is 9.64 Å². The monoisotopic (exact) mass is 486 g/mol. The van der Waals surface area contributed by atoms with Gasteiger partial charge in [-0.1, -0.05) is 35.9 Å². The molecule has 0 radical (unpaired) electrons. The number of amides is 3.